The van der Waals surface area contributed by atoms with Gasteiger partial charge < -0.3 is 10.1 Å². The maximum Gasteiger partial charge on any atom is 0.331 e. The van der Waals surface area contributed by atoms with E-state index < -0.39 is 5.97 Å². The lowest BCUT2D eigenvalue weighted by Gasteiger charge is -2.13. The number of hydrogen-bond donors (Lipinski definition) is 1. The van der Waals surface area contributed by atoms with Crippen LogP contribution in [0.1, 0.15) is 24.5 Å². The van der Waals surface area contributed by atoms with Crippen LogP contribution in [0.5, 0.6) is 0 Å². The van der Waals surface area contributed by atoms with Crippen LogP contribution in [0.25, 0.3) is 6.08 Å². The van der Waals surface area contributed by atoms with Crippen LogP contribution in [0.3, 0.4) is 0 Å². The molecule has 4 nitrogen and oxygen atoms in total. The smallest absolute Gasteiger partial charge is 0.331 e. The summed E-state index contributed by atoms with van der Waals surface area (Å²) in [6.07, 6.45) is 4.41. The molecule has 0 saturated heterocycles. The van der Waals surface area contributed by atoms with Crippen molar-refractivity contribution in [2.75, 3.05) is 6.61 Å². The second-order valence-corrected chi connectivity index (χ2v) is 6.94. The van der Waals surface area contributed by atoms with Crippen LogP contribution in [-0.4, -0.2) is 24.5 Å². The Kier molecular flexibility index (Phi) is 8.37. The molecule has 0 radical (unpaired) electrons. The molecule has 0 aliphatic heterocycles. The topological polar surface area (TPSA) is 55.4 Å². The van der Waals surface area contributed by atoms with Gasteiger partial charge in [0.15, 0.2) is 6.61 Å². The highest BCUT2D eigenvalue weighted by molar-refractivity contribution is 6.35. The largest absolute Gasteiger partial charge is 0.452 e. The van der Waals surface area contributed by atoms with Crippen molar-refractivity contribution >= 4 is 41.2 Å². The van der Waals surface area contributed by atoms with E-state index in [-0.39, 0.29) is 18.6 Å². The molecule has 1 N–H and O–H groups in total. The maximum atomic E-state index is 11.9. The Labute approximate surface area is 169 Å². The molecule has 142 valence electrons. The molecular formula is C21H21Cl2NO3. The van der Waals surface area contributed by atoms with Crippen LogP contribution in [0, 0.1) is 0 Å². The first kappa shape index (κ1) is 21.0. The van der Waals surface area contributed by atoms with Crippen LogP contribution < -0.4 is 5.32 Å². The first-order valence-corrected chi connectivity index (χ1v) is 9.33. The van der Waals surface area contributed by atoms with E-state index in [1.54, 1.807) is 18.2 Å². The fraction of sp³-hybridized carbons (Fsp3) is 0.238. The zero-order chi connectivity index (χ0) is 19.6. The predicted octanol–water partition coefficient (Wildman–Crippen LogP) is 4.69. The summed E-state index contributed by atoms with van der Waals surface area (Å²) in [5.74, 6) is -0.949. The number of ether oxygens (including phenoxy) is 1. The lowest BCUT2D eigenvalue weighted by Crippen LogP contribution is -2.36. The van der Waals surface area contributed by atoms with E-state index >= 15 is 0 Å². The molecule has 0 aliphatic carbocycles. The van der Waals surface area contributed by atoms with Gasteiger partial charge in [-0.15, -0.1) is 0 Å². The lowest BCUT2D eigenvalue weighted by molar-refractivity contribution is -0.144. The molecule has 6 heteroatoms. The van der Waals surface area contributed by atoms with Gasteiger partial charge in [0.1, 0.15) is 0 Å². The average Bonchev–Trinajstić information content (AvgIpc) is 2.65. The summed E-state index contributed by atoms with van der Waals surface area (Å²) in [5.41, 5.74) is 1.85. The molecule has 0 aliphatic rings. The molecule has 1 amide bonds. The van der Waals surface area contributed by atoms with Crippen molar-refractivity contribution < 1.29 is 14.3 Å². The van der Waals surface area contributed by atoms with Gasteiger partial charge in [0.25, 0.3) is 5.91 Å². The van der Waals surface area contributed by atoms with E-state index in [4.69, 9.17) is 27.9 Å². The Morgan fingerprint density at radius 1 is 1.15 bits per heavy atom. The molecule has 0 saturated carbocycles. The zero-order valence-corrected chi connectivity index (χ0v) is 16.5. The van der Waals surface area contributed by atoms with Crippen molar-refractivity contribution in [3.05, 3.63) is 75.8 Å². The SMILES string of the molecule is C[C@@H](CCc1ccccc1)NC(=O)COC(=O)/C=C/c1ccc(Cl)cc1Cl. The van der Waals surface area contributed by atoms with E-state index in [1.165, 1.54) is 17.7 Å². The highest BCUT2D eigenvalue weighted by Gasteiger charge is 2.09. The lowest BCUT2D eigenvalue weighted by atomic mass is 10.1. The van der Waals surface area contributed by atoms with Crippen molar-refractivity contribution in [1.29, 1.82) is 0 Å². The molecule has 2 aromatic rings. The predicted molar refractivity (Wildman–Crippen MR) is 109 cm³/mol. The number of aryl methyl sites for hydroxylation is 1. The van der Waals surface area contributed by atoms with Crippen molar-refractivity contribution in [2.45, 2.75) is 25.8 Å². The van der Waals surface area contributed by atoms with Gasteiger partial charge in [0.05, 0.1) is 0 Å². The fourth-order valence-corrected chi connectivity index (χ4v) is 2.87. The average molecular weight is 406 g/mol. The van der Waals surface area contributed by atoms with Gasteiger partial charge >= 0.3 is 5.97 Å². The Bertz CT molecular complexity index is 806. The molecule has 0 heterocycles. The van der Waals surface area contributed by atoms with Crippen molar-refractivity contribution in [3.8, 4) is 0 Å². The maximum absolute atomic E-state index is 11.9. The monoisotopic (exact) mass is 405 g/mol. The summed E-state index contributed by atoms with van der Waals surface area (Å²) < 4.78 is 4.95. The molecule has 1 atom stereocenters. The Morgan fingerprint density at radius 3 is 2.59 bits per heavy atom. The summed E-state index contributed by atoms with van der Waals surface area (Å²) >= 11 is 11.8. The number of carbonyl (C=O) groups excluding carboxylic acids is 2. The molecular weight excluding hydrogens is 385 g/mol. The van der Waals surface area contributed by atoms with E-state index in [0.29, 0.717) is 15.6 Å². The standard InChI is InChI=1S/C21H21Cl2NO3/c1-15(7-8-16-5-3-2-4-6-16)24-20(25)14-27-21(26)12-10-17-9-11-18(22)13-19(17)23/h2-6,9-13,15H,7-8,14H2,1H3,(H,24,25)/b12-10+/t15-/m0/s1. The molecule has 0 bridgehead atoms. The van der Waals surface area contributed by atoms with E-state index in [0.717, 1.165) is 12.8 Å². The van der Waals surface area contributed by atoms with E-state index in [9.17, 15) is 9.59 Å². The Hall–Kier alpha value is -2.30. The Balaban J connectivity index is 1.71. The van der Waals surface area contributed by atoms with Gasteiger partial charge in [-0.3, -0.25) is 4.79 Å². The van der Waals surface area contributed by atoms with E-state index in [2.05, 4.69) is 17.4 Å². The van der Waals surface area contributed by atoms with Gasteiger partial charge in [-0.1, -0.05) is 59.6 Å². The number of nitrogens with one attached hydrogen (secondary N) is 1. The molecule has 0 unspecified atom stereocenters. The molecule has 0 spiro atoms. The summed E-state index contributed by atoms with van der Waals surface area (Å²) in [7, 11) is 0. The summed E-state index contributed by atoms with van der Waals surface area (Å²) in [5, 5.41) is 3.76. The first-order valence-electron chi connectivity index (χ1n) is 8.57. The second kappa shape index (κ2) is 10.8. The van der Waals surface area contributed by atoms with Crippen molar-refractivity contribution in [3.63, 3.8) is 0 Å². The minimum absolute atomic E-state index is 0.0141. The molecule has 0 fully saturated rings. The number of hydrogen-bond acceptors (Lipinski definition) is 3. The third-order valence-electron chi connectivity index (χ3n) is 3.82. The van der Waals surface area contributed by atoms with Gasteiger partial charge in [-0.2, -0.15) is 0 Å². The number of amides is 1. The normalized spacial score (nSPS) is 12.0. The summed E-state index contributed by atoms with van der Waals surface area (Å²) in [4.78, 5) is 23.6. The van der Waals surface area contributed by atoms with Crippen LogP contribution >= 0.6 is 23.2 Å². The number of halogens is 2. The van der Waals surface area contributed by atoms with Gasteiger partial charge in [0.2, 0.25) is 0 Å². The summed E-state index contributed by atoms with van der Waals surface area (Å²) in [6, 6.07) is 15.0. The number of esters is 1. The third-order valence-corrected chi connectivity index (χ3v) is 4.39. The number of rotatable bonds is 8. The van der Waals surface area contributed by atoms with Gasteiger partial charge in [-0.25, -0.2) is 4.79 Å². The molecule has 27 heavy (non-hydrogen) atoms. The third kappa shape index (κ3) is 7.85. The minimum Gasteiger partial charge on any atom is -0.452 e. The highest BCUT2D eigenvalue weighted by Crippen LogP contribution is 2.21. The second-order valence-electron chi connectivity index (χ2n) is 6.10. The van der Waals surface area contributed by atoms with E-state index in [1.807, 2.05) is 25.1 Å². The van der Waals surface area contributed by atoms with Gasteiger partial charge in [0, 0.05) is 22.2 Å². The highest BCUT2D eigenvalue weighted by atomic mass is 35.5. The van der Waals surface area contributed by atoms with Crippen LogP contribution in [-0.2, 0) is 20.7 Å². The molecule has 0 aromatic heterocycles. The van der Waals surface area contributed by atoms with Crippen LogP contribution in [0.15, 0.2) is 54.6 Å². The summed E-state index contributed by atoms with van der Waals surface area (Å²) in [6.45, 7) is 1.60. The zero-order valence-electron chi connectivity index (χ0n) is 15.0. The Morgan fingerprint density at radius 2 is 1.89 bits per heavy atom. The molecule has 2 rings (SSSR count). The fourth-order valence-electron chi connectivity index (χ4n) is 2.40. The van der Waals surface area contributed by atoms with Crippen LogP contribution in [0.2, 0.25) is 10.0 Å². The van der Waals surface area contributed by atoms with Crippen LogP contribution in [0.4, 0.5) is 0 Å². The first-order chi connectivity index (χ1) is 12.9. The van der Waals surface area contributed by atoms with Crippen molar-refractivity contribution in [2.24, 2.45) is 0 Å². The quantitative estimate of drug-likeness (QED) is 0.511. The van der Waals surface area contributed by atoms with Crippen molar-refractivity contribution in [1.82, 2.24) is 5.32 Å². The van der Waals surface area contributed by atoms with Gasteiger partial charge in [-0.05, 0) is 49.1 Å². The number of benzene rings is 2. The molecule has 2 aromatic carbocycles. The number of carbonyl (C=O) groups is 2. The minimum atomic E-state index is -0.617.